The summed E-state index contributed by atoms with van der Waals surface area (Å²) < 4.78 is 0. The molecule has 1 aromatic heterocycles. The van der Waals surface area contributed by atoms with E-state index in [4.69, 9.17) is 0 Å². The molecule has 6 nitrogen and oxygen atoms in total. The van der Waals surface area contributed by atoms with Crippen LogP contribution in [0.2, 0.25) is 0 Å². The Morgan fingerprint density at radius 3 is 2.92 bits per heavy atom. The molecule has 2 N–H and O–H groups in total. The van der Waals surface area contributed by atoms with Crippen LogP contribution in [0, 0.1) is 10.1 Å². The van der Waals surface area contributed by atoms with Crippen LogP contribution in [-0.2, 0) is 5.54 Å². The van der Waals surface area contributed by atoms with Crippen molar-refractivity contribution in [2.75, 3.05) is 7.05 Å². The molecule has 0 unspecified atom stereocenters. The van der Waals surface area contributed by atoms with E-state index in [1.54, 1.807) is 0 Å². The fourth-order valence-corrected chi connectivity index (χ4v) is 1.55. The molecule has 1 aliphatic carbocycles. The molecule has 0 atom stereocenters. The quantitative estimate of drug-likeness (QED) is 0.527. The molecule has 0 aliphatic heterocycles. The van der Waals surface area contributed by atoms with E-state index >= 15 is 0 Å². The summed E-state index contributed by atoms with van der Waals surface area (Å²) in [5.41, 5.74) is 0.468. The van der Waals surface area contributed by atoms with Crippen LogP contribution >= 0.6 is 0 Å². The number of hydrogen-bond donors (Lipinski definition) is 2. The first kappa shape index (κ1) is 8.18. The summed E-state index contributed by atoms with van der Waals surface area (Å²) in [7, 11) is 1.81. The number of rotatable bonds is 3. The summed E-state index contributed by atoms with van der Waals surface area (Å²) in [5, 5.41) is 19.8. The fraction of sp³-hybridized carbons (Fsp3) is 0.571. The van der Waals surface area contributed by atoms with E-state index in [9.17, 15) is 10.1 Å². The average molecular weight is 182 g/mol. The molecule has 2 rings (SSSR count). The fourth-order valence-electron chi connectivity index (χ4n) is 1.55. The second kappa shape index (κ2) is 2.53. The number of aromatic amines is 1. The lowest BCUT2D eigenvalue weighted by Crippen LogP contribution is -2.24. The Morgan fingerprint density at radius 2 is 2.46 bits per heavy atom. The van der Waals surface area contributed by atoms with E-state index in [0.29, 0.717) is 5.56 Å². The Kier molecular flexibility index (Phi) is 1.59. The van der Waals surface area contributed by atoms with Crippen LogP contribution in [0.1, 0.15) is 18.4 Å². The van der Waals surface area contributed by atoms with Crippen LogP contribution in [0.25, 0.3) is 0 Å². The monoisotopic (exact) mass is 182 g/mol. The van der Waals surface area contributed by atoms with Crippen molar-refractivity contribution in [1.82, 2.24) is 15.5 Å². The molecule has 0 spiro atoms. The van der Waals surface area contributed by atoms with Gasteiger partial charge in [0, 0.05) is 0 Å². The normalized spacial score (nSPS) is 18.5. The average Bonchev–Trinajstić information content (AvgIpc) is 2.74. The highest BCUT2D eigenvalue weighted by Crippen LogP contribution is 2.47. The lowest BCUT2D eigenvalue weighted by atomic mass is 10.1. The van der Waals surface area contributed by atoms with Gasteiger partial charge in [-0.05, 0) is 24.8 Å². The maximum absolute atomic E-state index is 10.6. The van der Waals surface area contributed by atoms with E-state index in [-0.39, 0.29) is 11.4 Å². The van der Waals surface area contributed by atoms with Crippen LogP contribution in [0.4, 0.5) is 5.82 Å². The summed E-state index contributed by atoms with van der Waals surface area (Å²) in [4.78, 5) is 10.1. The van der Waals surface area contributed by atoms with Gasteiger partial charge in [-0.3, -0.25) is 0 Å². The van der Waals surface area contributed by atoms with Crippen LogP contribution < -0.4 is 5.32 Å². The molecule has 1 fully saturated rings. The molecular formula is C7H10N4O2. The first-order valence-corrected chi connectivity index (χ1v) is 4.07. The number of nitro groups is 1. The molecule has 6 heteroatoms. The van der Waals surface area contributed by atoms with Crippen molar-refractivity contribution in [3.8, 4) is 0 Å². The summed E-state index contributed by atoms with van der Waals surface area (Å²) >= 11 is 0. The van der Waals surface area contributed by atoms with Crippen molar-refractivity contribution in [2.45, 2.75) is 18.4 Å². The first-order chi connectivity index (χ1) is 6.19. The van der Waals surface area contributed by atoms with Crippen molar-refractivity contribution >= 4 is 5.82 Å². The number of H-pyrrole nitrogens is 1. The Bertz CT molecular complexity index is 342. The minimum Gasteiger partial charge on any atom is -0.358 e. The topological polar surface area (TPSA) is 83.8 Å². The number of hydrogen-bond acceptors (Lipinski definition) is 4. The second-order valence-electron chi connectivity index (χ2n) is 3.22. The van der Waals surface area contributed by atoms with Crippen molar-refractivity contribution in [3.63, 3.8) is 0 Å². The SMILES string of the molecule is CNC1(c2cn[nH]c2[N+](=O)[O-])CC1. The Balaban J connectivity index is 2.40. The predicted octanol–water partition coefficient (Wildman–Crippen LogP) is 0.526. The van der Waals surface area contributed by atoms with Crippen molar-refractivity contribution in [1.29, 1.82) is 0 Å². The minimum atomic E-state index is -0.431. The smallest absolute Gasteiger partial charge is 0.347 e. The standard InChI is InChI=1S/C7H10N4O2/c1-8-7(2-3-7)5-4-9-10-6(5)11(12)13/h4,8H,2-3H2,1H3,(H,9,10). The highest BCUT2D eigenvalue weighted by Gasteiger charge is 2.47. The summed E-state index contributed by atoms with van der Waals surface area (Å²) in [6, 6.07) is 0. The Labute approximate surface area is 74.5 Å². The van der Waals surface area contributed by atoms with Gasteiger partial charge in [0.05, 0.1) is 17.3 Å². The largest absolute Gasteiger partial charge is 0.358 e. The first-order valence-electron chi connectivity index (χ1n) is 4.07. The molecule has 1 aromatic rings. The van der Waals surface area contributed by atoms with Gasteiger partial charge in [-0.15, -0.1) is 5.10 Å². The Morgan fingerprint density at radius 1 is 1.77 bits per heavy atom. The molecule has 0 radical (unpaired) electrons. The van der Waals surface area contributed by atoms with Crippen LogP contribution in [0.5, 0.6) is 0 Å². The maximum Gasteiger partial charge on any atom is 0.347 e. The zero-order valence-corrected chi connectivity index (χ0v) is 7.20. The molecule has 0 saturated heterocycles. The van der Waals surface area contributed by atoms with Crippen molar-refractivity contribution in [2.24, 2.45) is 0 Å². The Hall–Kier alpha value is -1.43. The maximum atomic E-state index is 10.6. The van der Waals surface area contributed by atoms with Gasteiger partial charge in [0.1, 0.15) is 0 Å². The van der Waals surface area contributed by atoms with Crippen molar-refractivity contribution < 1.29 is 4.92 Å². The van der Waals surface area contributed by atoms with Gasteiger partial charge in [0.2, 0.25) is 0 Å². The third kappa shape index (κ3) is 1.10. The molecule has 0 amide bonds. The van der Waals surface area contributed by atoms with Crippen molar-refractivity contribution in [3.05, 3.63) is 21.9 Å². The minimum absolute atomic E-state index is 0.00634. The predicted molar refractivity (Wildman–Crippen MR) is 45.2 cm³/mol. The van der Waals surface area contributed by atoms with E-state index in [1.165, 1.54) is 6.20 Å². The zero-order chi connectivity index (χ0) is 9.47. The van der Waals surface area contributed by atoms with Gasteiger partial charge >= 0.3 is 5.82 Å². The molecule has 70 valence electrons. The number of nitrogens with one attached hydrogen (secondary N) is 2. The van der Waals surface area contributed by atoms with Gasteiger partial charge in [0.25, 0.3) is 0 Å². The van der Waals surface area contributed by atoms with E-state index in [2.05, 4.69) is 15.5 Å². The van der Waals surface area contributed by atoms with E-state index in [0.717, 1.165) is 12.8 Å². The lowest BCUT2D eigenvalue weighted by molar-refractivity contribution is -0.390. The van der Waals surface area contributed by atoms with Gasteiger partial charge < -0.3 is 15.4 Å². The van der Waals surface area contributed by atoms with Gasteiger partial charge in [-0.2, -0.15) is 0 Å². The highest BCUT2D eigenvalue weighted by atomic mass is 16.6. The molecular weight excluding hydrogens is 172 g/mol. The van der Waals surface area contributed by atoms with Crippen LogP contribution in [0.15, 0.2) is 6.20 Å². The second-order valence-corrected chi connectivity index (χ2v) is 3.22. The highest BCUT2D eigenvalue weighted by molar-refractivity contribution is 5.40. The molecule has 1 saturated carbocycles. The molecule has 0 bridgehead atoms. The third-order valence-corrected chi connectivity index (χ3v) is 2.55. The number of aromatic nitrogens is 2. The van der Waals surface area contributed by atoms with E-state index in [1.807, 2.05) is 7.05 Å². The summed E-state index contributed by atoms with van der Waals surface area (Å²) in [6.07, 6.45) is 3.40. The molecule has 13 heavy (non-hydrogen) atoms. The lowest BCUT2D eigenvalue weighted by Gasteiger charge is -2.10. The van der Waals surface area contributed by atoms with Crippen LogP contribution in [0.3, 0.4) is 0 Å². The van der Waals surface area contributed by atoms with Gasteiger partial charge in [-0.1, -0.05) is 5.10 Å². The zero-order valence-electron chi connectivity index (χ0n) is 7.20. The molecule has 0 aromatic carbocycles. The van der Waals surface area contributed by atoms with Gasteiger partial charge in [-0.25, -0.2) is 0 Å². The molecule has 1 aliphatic rings. The molecule has 1 heterocycles. The number of nitrogens with zero attached hydrogens (tertiary/aromatic N) is 2. The van der Waals surface area contributed by atoms with E-state index < -0.39 is 4.92 Å². The third-order valence-electron chi connectivity index (χ3n) is 2.55. The van der Waals surface area contributed by atoms with Gasteiger partial charge in [0.15, 0.2) is 0 Å². The summed E-state index contributed by atoms with van der Waals surface area (Å²) in [6.45, 7) is 0. The van der Waals surface area contributed by atoms with Crippen LogP contribution in [-0.4, -0.2) is 22.2 Å². The summed E-state index contributed by atoms with van der Waals surface area (Å²) in [5.74, 6) is 0.00634.